The zero-order valence-electron chi connectivity index (χ0n) is 12.7. The number of carboxylic acid groups (broad SMARTS) is 1. The zero-order valence-corrected chi connectivity index (χ0v) is 14.7. The first-order chi connectivity index (χ1) is 8.77. The van der Waals surface area contributed by atoms with Crippen molar-refractivity contribution in [1.82, 2.24) is 0 Å². The van der Waals surface area contributed by atoms with Crippen molar-refractivity contribution in [3.63, 3.8) is 0 Å². The Hall–Kier alpha value is 0.430. The van der Waals surface area contributed by atoms with Crippen molar-refractivity contribution in [1.29, 1.82) is 0 Å². The Kier molecular flexibility index (Phi) is 21.1. The van der Waals surface area contributed by atoms with Gasteiger partial charge in [0.25, 0.3) is 0 Å². The number of rotatable bonds is 14. The predicted molar refractivity (Wildman–Crippen MR) is 80.5 cm³/mol. The fourth-order valence-corrected chi connectivity index (χ4v) is 2.16. The predicted octanol–water partition coefficient (Wildman–Crippen LogP) is 3.75. The van der Waals surface area contributed by atoms with E-state index < -0.39 is 5.97 Å². The average molecular weight is 281 g/mol. The Morgan fingerprint density at radius 1 is 0.632 bits per heavy atom. The van der Waals surface area contributed by atoms with Crippen molar-refractivity contribution in [2.75, 3.05) is 6.61 Å². The van der Waals surface area contributed by atoms with Gasteiger partial charge in [0.1, 0.15) is 0 Å². The van der Waals surface area contributed by atoms with E-state index in [0.717, 1.165) is 19.3 Å². The van der Waals surface area contributed by atoms with E-state index in [1.54, 1.807) is 0 Å². The molecule has 0 aromatic rings. The van der Waals surface area contributed by atoms with E-state index in [9.17, 15) is 4.79 Å². The summed E-state index contributed by atoms with van der Waals surface area (Å²) in [4.78, 5) is 10.3. The van der Waals surface area contributed by atoms with Crippen LogP contribution in [-0.2, 0) is 4.79 Å². The summed E-state index contributed by atoms with van der Waals surface area (Å²) in [6, 6.07) is 0. The third-order valence-corrected chi connectivity index (χ3v) is 3.30. The number of aliphatic hydroxyl groups is 1. The molecule has 0 unspecified atom stereocenters. The smallest absolute Gasteiger partial charge is 0.303 e. The third kappa shape index (κ3) is 20.9. The molecule has 19 heavy (non-hydrogen) atoms. The minimum atomic E-state index is -0.670. The Bertz CT molecular complexity index is 186. The molecule has 0 rings (SSSR count). The molecule has 0 aliphatic carbocycles. The minimum Gasteiger partial charge on any atom is -0.481 e. The first-order valence-electron chi connectivity index (χ1n) is 7.60. The summed E-state index contributed by atoms with van der Waals surface area (Å²) in [5.41, 5.74) is 0. The molecule has 0 aromatic heterocycles. The second-order valence-electron chi connectivity index (χ2n) is 5.11. The molecular formula is C15H30NaO3. The summed E-state index contributed by atoms with van der Waals surface area (Å²) >= 11 is 0. The summed E-state index contributed by atoms with van der Waals surface area (Å²) in [6.45, 7) is 0.335. The Labute approximate surface area is 140 Å². The van der Waals surface area contributed by atoms with Crippen LogP contribution in [0.15, 0.2) is 0 Å². The molecule has 1 radical (unpaired) electrons. The van der Waals surface area contributed by atoms with Gasteiger partial charge in [0.2, 0.25) is 0 Å². The fourth-order valence-electron chi connectivity index (χ4n) is 2.16. The quantitative estimate of drug-likeness (QED) is 0.376. The molecule has 0 saturated carbocycles. The molecule has 0 aliphatic heterocycles. The molecule has 2 N–H and O–H groups in total. The molecule has 0 aliphatic rings. The van der Waals surface area contributed by atoms with E-state index in [2.05, 4.69) is 0 Å². The number of hydrogen-bond acceptors (Lipinski definition) is 2. The topological polar surface area (TPSA) is 57.5 Å². The first-order valence-corrected chi connectivity index (χ1v) is 7.60. The molecule has 0 amide bonds. The molecule has 0 heterocycles. The molecule has 0 aromatic carbocycles. The molecule has 0 bridgehead atoms. The van der Waals surface area contributed by atoms with Gasteiger partial charge in [-0.05, 0) is 12.8 Å². The summed E-state index contributed by atoms with van der Waals surface area (Å²) in [7, 11) is 0. The van der Waals surface area contributed by atoms with E-state index in [4.69, 9.17) is 10.2 Å². The van der Waals surface area contributed by atoms with Crippen LogP contribution in [-0.4, -0.2) is 52.3 Å². The van der Waals surface area contributed by atoms with Crippen LogP contribution in [0.5, 0.6) is 0 Å². The number of aliphatic carboxylic acids is 1. The SMILES string of the molecule is O=C(O)CCCCCCCCCCCCCCO.[Na]. The average Bonchev–Trinajstić information content (AvgIpc) is 2.34. The number of unbranched alkanes of at least 4 members (excludes halogenated alkanes) is 11. The van der Waals surface area contributed by atoms with Crippen LogP contribution in [0.2, 0.25) is 0 Å². The summed E-state index contributed by atoms with van der Waals surface area (Å²) in [6.07, 6.45) is 14.6. The van der Waals surface area contributed by atoms with Gasteiger partial charge in [0.15, 0.2) is 0 Å². The number of hydrogen-bond donors (Lipinski definition) is 2. The van der Waals surface area contributed by atoms with Crippen molar-refractivity contribution in [2.45, 2.75) is 83.5 Å². The summed E-state index contributed by atoms with van der Waals surface area (Å²) < 4.78 is 0. The monoisotopic (exact) mass is 281 g/mol. The first kappa shape index (κ1) is 21.7. The van der Waals surface area contributed by atoms with Gasteiger partial charge < -0.3 is 10.2 Å². The van der Waals surface area contributed by atoms with Crippen LogP contribution in [0.3, 0.4) is 0 Å². The Morgan fingerprint density at radius 3 is 1.26 bits per heavy atom. The van der Waals surface area contributed by atoms with Crippen LogP contribution in [0.1, 0.15) is 83.5 Å². The van der Waals surface area contributed by atoms with Gasteiger partial charge >= 0.3 is 5.97 Å². The number of aliphatic hydroxyl groups excluding tert-OH is 1. The van der Waals surface area contributed by atoms with Crippen LogP contribution < -0.4 is 0 Å². The molecule has 0 spiro atoms. The van der Waals surface area contributed by atoms with Crippen LogP contribution in [0, 0.1) is 0 Å². The summed E-state index contributed by atoms with van der Waals surface area (Å²) in [5.74, 6) is -0.670. The van der Waals surface area contributed by atoms with Crippen molar-refractivity contribution < 1.29 is 15.0 Å². The largest absolute Gasteiger partial charge is 0.481 e. The van der Waals surface area contributed by atoms with Crippen molar-refractivity contribution in [2.24, 2.45) is 0 Å². The zero-order chi connectivity index (χ0) is 13.5. The van der Waals surface area contributed by atoms with Gasteiger partial charge in [0.05, 0.1) is 0 Å². The van der Waals surface area contributed by atoms with E-state index in [1.807, 2.05) is 0 Å². The summed E-state index contributed by atoms with van der Waals surface area (Å²) in [5, 5.41) is 17.1. The molecule has 109 valence electrons. The van der Waals surface area contributed by atoms with E-state index in [0.29, 0.717) is 13.0 Å². The normalized spacial score (nSPS) is 10.2. The van der Waals surface area contributed by atoms with E-state index in [-0.39, 0.29) is 29.6 Å². The second-order valence-corrected chi connectivity index (χ2v) is 5.11. The van der Waals surface area contributed by atoms with Gasteiger partial charge in [-0.3, -0.25) is 4.79 Å². The van der Waals surface area contributed by atoms with Gasteiger partial charge in [-0.1, -0.05) is 64.2 Å². The molecule has 3 nitrogen and oxygen atoms in total. The molecule has 0 saturated heterocycles. The maximum Gasteiger partial charge on any atom is 0.303 e. The van der Waals surface area contributed by atoms with Crippen LogP contribution in [0.4, 0.5) is 0 Å². The molecule has 0 fully saturated rings. The number of carbonyl (C=O) groups is 1. The van der Waals surface area contributed by atoms with Crippen molar-refractivity contribution in [3.05, 3.63) is 0 Å². The van der Waals surface area contributed by atoms with Crippen molar-refractivity contribution in [3.8, 4) is 0 Å². The third-order valence-electron chi connectivity index (χ3n) is 3.30. The molecule has 4 heteroatoms. The van der Waals surface area contributed by atoms with Gasteiger partial charge in [-0.15, -0.1) is 0 Å². The van der Waals surface area contributed by atoms with Crippen LogP contribution >= 0.6 is 0 Å². The Morgan fingerprint density at radius 2 is 0.947 bits per heavy atom. The van der Waals surface area contributed by atoms with Gasteiger partial charge in [-0.2, -0.15) is 0 Å². The van der Waals surface area contributed by atoms with Crippen molar-refractivity contribution >= 4 is 35.5 Å². The van der Waals surface area contributed by atoms with Crippen LogP contribution in [0.25, 0.3) is 0 Å². The van der Waals surface area contributed by atoms with Gasteiger partial charge in [-0.25, -0.2) is 0 Å². The van der Waals surface area contributed by atoms with Gasteiger partial charge in [0, 0.05) is 42.6 Å². The second kappa shape index (κ2) is 18.4. The van der Waals surface area contributed by atoms with E-state index >= 15 is 0 Å². The molecular weight excluding hydrogens is 251 g/mol. The maximum absolute atomic E-state index is 10.3. The maximum atomic E-state index is 10.3. The minimum absolute atomic E-state index is 0. The molecule has 0 atom stereocenters. The Balaban J connectivity index is 0. The van der Waals surface area contributed by atoms with E-state index in [1.165, 1.54) is 57.8 Å². The standard InChI is InChI=1S/C15H30O3.Na/c16-14-12-10-8-6-4-2-1-3-5-7-9-11-13-15(17)18;/h16H,1-14H2,(H,17,18);. The fraction of sp³-hybridized carbons (Fsp3) is 0.933. The number of carboxylic acids is 1.